The van der Waals surface area contributed by atoms with E-state index in [0.29, 0.717) is 11.9 Å². The number of piperidine rings is 1. The fourth-order valence-electron chi connectivity index (χ4n) is 3.25. The van der Waals surface area contributed by atoms with Crippen molar-refractivity contribution in [2.45, 2.75) is 19.1 Å². The first-order valence-electron chi connectivity index (χ1n) is 8.20. The van der Waals surface area contributed by atoms with Crippen molar-refractivity contribution < 1.29 is 8.42 Å². The van der Waals surface area contributed by atoms with E-state index in [1.54, 1.807) is 0 Å². The second-order valence-corrected chi connectivity index (χ2v) is 9.70. The van der Waals surface area contributed by atoms with Crippen LogP contribution in [0, 0.1) is 11.8 Å². The van der Waals surface area contributed by atoms with Crippen LogP contribution in [0.4, 0.5) is 11.9 Å². The first-order valence-corrected chi connectivity index (χ1v) is 10.8. The van der Waals surface area contributed by atoms with Crippen LogP contribution in [0.25, 0.3) is 0 Å². The zero-order chi connectivity index (χ0) is 18.0. The fourth-order valence-corrected chi connectivity index (χ4v) is 5.48. The molecule has 1 saturated heterocycles. The van der Waals surface area contributed by atoms with E-state index in [1.165, 1.54) is 0 Å². The Balaban J connectivity index is 1.60. The summed E-state index contributed by atoms with van der Waals surface area (Å²) in [6.45, 7) is 3.55. The van der Waals surface area contributed by atoms with Crippen molar-refractivity contribution in [3.05, 3.63) is 34.3 Å². The Morgan fingerprint density at radius 3 is 2.68 bits per heavy atom. The third-order valence-corrected chi connectivity index (χ3v) is 6.86. The molecular weight excluding hydrogens is 406 g/mol. The largest absolute Gasteiger partial charge is 0.368 e. The van der Waals surface area contributed by atoms with Crippen molar-refractivity contribution in [1.29, 1.82) is 0 Å². The molecule has 0 saturated carbocycles. The van der Waals surface area contributed by atoms with Crippen molar-refractivity contribution in [1.82, 2.24) is 15.2 Å². The maximum atomic E-state index is 12.6. The molecule has 1 fully saturated rings. The molecule has 2 unspecified atom stereocenters. The van der Waals surface area contributed by atoms with Crippen LogP contribution in [-0.4, -0.2) is 42.4 Å². The molecule has 2 heterocycles. The van der Waals surface area contributed by atoms with Crippen molar-refractivity contribution in [3.8, 4) is 0 Å². The number of nitrogens with one attached hydrogen (secondary N) is 1. The molecule has 2 atom stereocenters. The fraction of sp³-hybridized carbons (Fsp3) is 0.500. The van der Waals surface area contributed by atoms with E-state index in [2.05, 4.69) is 42.9 Å². The smallest absolute Gasteiger partial charge is 0.246 e. The molecular formula is C16H22BrN5O2S. The minimum absolute atomic E-state index is 0.0880. The second-order valence-electron chi connectivity index (χ2n) is 6.67. The van der Waals surface area contributed by atoms with Gasteiger partial charge in [0.25, 0.3) is 0 Å². The molecule has 136 valence electrons. The summed E-state index contributed by atoms with van der Waals surface area (Å²) in [5.41, 5.74) is 6.40. The summed E-state index contributed by atoms with van der Waals surface area (Å²) in [5.74, 6) is 1.57. The van der Waals surface area contributed by atoms with Gasteiger partial charge < -0.3 is 10.6 Å². The molecule has 2 aromatic rings. The Labute approximate surface area is 156 Å². The van der Waals surface area contributed by atoms with E-state index in [9.17, 15) is 8.42 Å². The molecule has 0 amide bonds. The number of H-pyrrole nitrogens is 1. The van der Waals surface area contributed by atoms with Gasteiger partial charge in [-0.1, -0.05) is 35.0 Å². The average molecular weight is 428 g/mol. The van der Waals surface area contributed by atoms with E-state index in [1.807, 2.05) is 24.3 Å². The lowest BCUT2D eigenvalue weighted by atomic mass is 9.88. The summed E-state index contributed by atoms with van der Waals surface area (Å²) >= 11 is 3.36. The zero-order valence-corrected chi connectivity index (χ0v) is 16.4. The van der Waals surface area contributed by atoms with Crippen molar-refractivity contribution in [2.75, 3.05) is 29.5 Å². The Morgan fingerprint density at radius 1 is 1.36 bits per heavy atom. The van der Waals surface area contributed by atoms with Crippen LogP contribution >= 0.6 is 15.9 Å². The summed E-state index contributed by atoms with van der Waals surface area (Å²) in [7, 11) is -3.15. The molecule has 1 aliphatic rings. The van der Waals surface area contributed by atoms with Crippen molar-refractivity contribution in [3.63, 3.8) is 0 Å². The second kappa shape index (κ2) is 7.33. The summed E-state index contributed by atoms with van der Waals surface area (Å²) in [6.07, 6.45) is 0.801. The number of sulfone groups is 1. The molecule has 1 aliphatic heterocycles. The van der Waals surface area contributed by atoms with Gasteiger partial charge in [-0.3, -0.25) is 0 Å². The Morgan fingerprint density at radius 2 is 2.08 bits per heavy atom. The van der Waals surface area contributed by atoms with Gasteiger partial charge in [-0.15, -0.1) is 5.10 Å². The number of nitrogens with two attached hydrogens (primary N) is 1. The summed E-state index contributed by atoms with van der Waals surface area (Å²) in [4.78, 5) is 6.20. The summed E-state index contributed by atoms with van der Waals surface area (Å²) in [5, 5.41) is 6.72. The lowest BCUT2D eigenvalue weighted by Crippen LogP contribution is -2.42. The van der Waals surface area contributed by atoms with Crippen LogP contribution < -0.4 is 10.6 Å². The van der Waals surface area contributed by atoms with Crippen LogP contribution in [0.5, 0.6) is 0 Å². The maximum absolute atomic E-state index is 12.6. The molecule has 7 nitrogen and oxygen atoms in total. The number of aromatic amines is 1. The molecule has 9 heteroatoms. The lowest BCUT2D eigenvalue weighted by Gasteiger charge is -2.36. The van der Waals surface area contributed by atoms with E-state index in [0.717, 1.165) is 29.5 Å². The number of benzene rings is 1. The molecule has 25 heavy (non-hydrogen) atoms. The van der Waals surface area contributed by atoms with Gasteiger partial charge in [-0.2, -0.15) is 4.98 Å². The van der Waals surface area contributed by atoms with Gasteiger partial charge in [0, 0.05) is 17.6 Å². The molecule has 0 radical (unpaired) electrons. The first-order chi connectivity index (χ1) is 11.8. The van der Waals surface area contributed by atoms with Gasteiger partial charge in [0.15, 0.2) is 9.84 Å². The third-order valence-electron chi connectivity index (χ3n) is 4.62. The predicted octanol–water partition coefficient (Wildman–Crippen LogP) is 2.23. The number of nitrogen functional groups attached to an aromatic ring is 1. The van der Waals surface area contributed by atoms with Gasteiger partial charge in [0.2, 0.25) is 11.9 Å². The molecule has 0 aliphatic carbocycles. The van der Waals surface area contributed by atoms with E-state index in [4.69, 9.17) is 5.73 Å². The Hall–Kier alpha value is -1.61. The van der Waals surface area contributed by atoms with Crippen LogP contribution in [0.1, 0.15) is 18.9 Å². The molecule has 1 aromatic heterocycles. The zero-order valence-electron chi connectivity index (χ0n) is 14.0. The van der Waals surface area contributed by atoms with Crippen molar-refractivity contribution in [2.24, 2.45) is 11.8 Å². The minimum atomic E-state index is -3.15. The van der Waals surface area contributed by atoms with Crippen LogP contribution in [0.15, 0.2) is 28.7 Å². The third kappa shape index (κ3) is 4.72. The van der Waals surface area contributed by atoms with Crippen molar-refractivity contribution >= 4 is 37.7 Å². The van der Waals surface area contributed by atoms with Gasteiger partial charge >= 0.3 is 0 Å². The van der Waals surface area contributed by atoms with Crippen LogP contribution in [0.2, 0.25) is 0 Å². The number of halogens is 1. The quantitative estimate of drug-likeness (QED) is 0.757. The number of hydrogen-bond acceptors (Lipinski definition) is 6. The molecule has 1 aromatic carbocycles. The van der Waals surface area contributed by atoms with E-state index < -0.39 is 9.84 Å². The first kappa shape index (κ1) is 18.2. The van der Waals surface area contributed by atoms with E-state index in [-0.39, 0.29) is 23.3 Å². The van der Waals surface area contributed by atoms with Crippen LogP contribution in [0.3, 0.4) is 0 Å². The molecule has 3 rings (SSSR count). The van der Waals surface area contributed by atoms with Gasteiger partial charge in [-0.25, -0.2) is 13.5 Å². The maximum Gasteiger partial charge on any atom is 0.246 e. The highest BCUT2D eigenvalue weighted by Crippen LogP contribution is 2.28. The average Bonchev–Trinajstić information content (AvgIpc) is 2.98. The van der Waals surface area contributed by atoms with E-state index >= 15 is 0 Å². The Bertz CT molecular complexity index is 821. The highest BCUT2D eigenvalue weighted by Gasteiger charge is 2.31. The number of aromatic nitrogens is 3. The molecule has 0 bridgehead atoms. The number of hydrogen-bond donors (Lipinski definition) is 2. The summed E-state index contributed by atoms with van der Waals surface area (Å²) in [6, 6.07) is 7.44. The number of rotatable bonds is 5. The molecule has 3 N–H and O–H groups in total. The summed E-state index contributed by atoms with van der Waals surface area (Å²) < 4.78 is 26.1. The van der Waals surface area contributed by atoms with Gasteiger partial charge in [0.05, 0.1) is 11.5 Å². The Kier molecular flexibility index (Phi) is 5.33. The standard InChI is InChI=1S/C16H22BrN5O2S/c1-11-8-22(16-19-15(18)20-21-16)7-6-13(11)10-25(23,24)9-12-2-4-14(17)5-3-12/h2-5,11,13H,6-10H2,1H3,(H3,18,19,20,21). The van der Waals surface area contributed by atoms with Gasteiger partial charge in [0.1, 0.15) is 0 Å². The highest BCUT2D eigenvalue weighted by atomic mass is 79.9. The highest BCUT2D eigenvalue weighted by molar-refractivity contribution is 9.10. The predicted molar refractivity (Wildman–Crippen MR) is 102 cm³/mol. The minimum Gasteiger partial charge on any atom is -0.368 e. The SMILES string of the molecule is CC1CN(c2n[nH]c(N)n2)CCC1CS(=O)(=O)Cc1ccc(Br)cc1. The van der Waals surface area contributed by atoms with Crippen LogP contribution in [-0.2, 0) is 15.6 Å². The lowest BCUT2D eigenvalue weighted by molar-refractivity contribution is 0.322. The molecule has 0 spiro atoms. The normalized spacial score (nSPS) is 21.4. The number of anilines is 2. The monoisotopic (exact) mass is 427 g/mol. The topological polar surface area (TPSA) is 105 Å². The van der Waals surface area contributed by atoms with Gasteiger partial charge in [-0.05, 0) is 36.0 Å². The number of nitrogens with zero attached hydrogens (tertiary/aromatic N) is 3.